The molecule has 2 aliphatic heterocycles. The number of carbonyl (C=O) groups excluding carboxylic acids is 1. The predicted molar refractivity (Wildman–Crippen MR) is 139 cm³/mol. The van der Waals surface area contributed by atoms with Gasteiger partial charge in [0.05, 0.1) is 4.90 Å². The lowest BCUT2D eigenvalue weighted by atomic mass is 9.96. The number of amides is 1. The van der Waals surface area contributed by atoms with Gasteiger partial charge >= 0.3 is 0 Å². The van der Waals surface area contributed by atoms with Crippen LogP contribution in [0.5, 0.6) is 0 Å². The highest BCUT2D eigenvalue weighted by molar-refractivity contribution is 7.90. The first kappa shape index (κ1) is 23.4. The molecule has 182 valence electrons. The molecule has 0 saturated carbocycles. The Labute approximate surface area is 206 Å². The molecule has 5 rings (SSSR count). The summed E-state index contributed by atoms with van der Waals surface area (Å²) in [6.45, 7) is 5.31. The number of aliphatic imine (C=N–C) groups is 1. The van der Waals surface area contributed by atoms with Gasteiger partial charge in [0.1, 0.15) is 11.9 Å². The Balaban J connectivity index is 1.39. The number of H-pyrrole nitrogens is 1. The average Bonchev–Trinajstić information content (AvgIpc) is 3.41. The quantitative estimate of drug-likeness (QED) is 0.537. The summed E-state index contributed by atoms with van der Waals surface area (Å²) in [6.07, 6.45) is 7.30. The Morgan fingerprint density at radius 2 is 1.97 bits per heavy atom. The van der Waals surface area contributed by atoms with Crippen LogP contribution in [0, 0.1) is 6.92 Å². The monoisotopic (exact) mass is 490 g/mol. The second-order valence-electron chi connectivity index (χ2n) is 9.20. The molecule has 0 radical (unpaired) electrons. The van der Waals surface area contributed by atoms with E-state index in [0.717, 1.165) is 24.8 Å². The maximum atomic E-state index is 13.5. The van der Waals surface area contributed by atoms with Gasteiger partial charge in [0.2, 0.25) is 5.91 Å². The summed E-state index contributed by atoms with van der Waals surface area (Å²) in [7, 11) is -3.64. The van der Waals surface area contributed by atoms with Crippen LogP contribution in [0.25, 0.3) is 16.5 Å². The Morgan fingerprint density at radius 1 is 1.14 bits per heavy atom. The number of aryl methyl sites for hydroxylation is 1. The SMILES string of the molecule is CCCC[C@H](N=C1NS(=O)(=O)c2ccccc21)C(=O)N1CC=C(c2c[nH]c3cccc(C)c23)CC1. The molecule has 3 heterocycles. The fourth-order valence-electron chi connectivity index (χ4n) is 4.97. The molecule has 0 fully saturated rings. The number of unbranched alkanes of at least 4 members (excludes halogenated alkanes) is 1. The first-order valence-corrected chi connectivity index (χ1v) is 13.6. The number of aromatic amines is 1. The van der Waals surface area contributed by atoms with Crippen molar-refractivity contribution in [1.82, 2.24) is 14.6 Å². The molecule has 0 spiro atoms. The van der Waals surface area contributed by atoms with Gasteiger partial charge in [0, 0.05) is 41.3 Å². The number of sulfonamides is 1. The van der Waals surface area contributed by atoms with E-state index < -0.39 is 16.1 Å². The van der Waals surface area contributed by atoms with E-state index in [0.29, 0.717) is 25.1 Å². The Hall–Kier alpha value is -3.39. The predicted octanol–water partition coefficient (Wildman–Crippen LogP) is 4.39. The molecule has 2 aromatic carbocycles. The summed E-state index contributed by atoms with van der Waals surface area (Å²) in [5, 5.41) is 1.23. The smallest absolute Gasteiger partial charge is 0.263 e. The van der Waals surface area contributed by atoms with E-state index in [1.54, 1.807) is 24.3 Å². The van der Waals surface area contributed by atoms with Crippen LogP contribution in [0.15, 0.2) is 64.6 Å². The van der Waals surface area contributed by atoms with Crippen LogP contribution in [0.1, 0.15) is 49.3 Å². The minimum Gasteiger partial charge on any atom is -0.361 e. The lowest BCUT2D eigenvalue weighted by molar-refractivity contribution is -0.132. The van der Waals surface area contributed by atoms with Crippen molar-refractivity contribution in [1.29, 1.82) is 0 Å². The maximum absolute atomic E-state index is 13.5. The molecule has 2 N–H and O–H groups in total. The van der Waals surface area contributed by atoms with E-state index in [-0.39, 0.29) is 16.6 Å². The summed E-state index contributed by atoms with van der Waals surface area (Å²) in [4.78, 5) is 23.6. The lowest BCUT2D eigenvalue weighted by Gasteiger charge is -2.29. The topological polar surface area (TPSA) is 94.6 Å². The van der Waals surface area contributed by atoms with Crippen molar-refractivity contribution in [3.63, 3.8) is 0 Å². The van der Waals surface area contributed by atoms with Crippen LogP contribution in [-0.4, -0.2) is 49.2 Å². The van der Waals surface area contributed by atoms with E-state index in [1.165, 1.54) is 22.1 Å². The third kappa shape index (κ3) is 4.38. The Bertz CT molecular complexity index is 1450. The lowest BCUT2D eigenvalue weighted by Crippen LogP contribution is -2.41. The standard InChI is InChI=1S/C27H30N4O3S/c1-3-4-10-23(29-26-20-9-5-6-12-24(20)35(33,34)30-26)27(32)31-15-13-19(14-16-31)21-17-28-22-11-7-8-18(2)25(21)22/h5-9,11-13,17,23,28H,3-4,10,14-16H2,1-2H3,(H,29,30)/t23-/m0/s1. The maximum Gasteiger partial charge on any atom is 0.263 e. The molecule has 0 bridgehead atoms. The molecule has 2 aliphatic rings. The summed E-state index contributed by atoms with van der Waals surface area (Å²) in [5.74, 6) is 0.206. The van der Waals surface area contributed by atoms with Crippen LogP contribution >= 0.6 is 0 Å². The van der Waals surface area contributed by atoms with Crippen molar-refractivity contribution in [3.05, 3.63) is 71.4 Å². The van der Waals surface area contributed by atoms with Crippen LogP contribution in [0.4, 0.5) is 0 Å². The van der Waals surface area contributed by atoms with E-state index in [1.807, 2.05) is 11.0 Å². The first-order chi connectivity index (χ1) is 16.9. The van der Waals surface area contributed by atoms with Gasteiger partial charge in [-0.15, -0.1) is 0 Å². The number of hydrogen-bond donors (Lipinski definition) is 2. The number of rotatable bonds is 6. The van der Waals surface area contributed by atoms with Crippen LogP contribution in [-0.2, 0) is 14.8 Å². The van der Waals surface area contributed by atoms with Gasteiger partial charge in [-0.3, -0.25) is 14.5 Å². The summed E-state index contributed by atoms with van der Waals surface area (Å²) in [5.41, 5.74) is 5.31. The highest BCUT2D eigenvalue weighted by atomic mass is 32.2. The molecule has 1 amide bonds. The number of nitrogens with one attached hydrogen (secondary N) is 2. The van der Waals surface area contributed by atoms with E-state index >= 15 is 0 Å². The molecule has 7 nitrogen and oxygen atoms in total. The van der Waals surface area contributed by atoms with Crippen LogP contribution < -0.4 is 4.72 Å². The average molecular weight is 491 g/mol. The first-order valence-electron chi connectivity index (χ1n) is 12.1. The number of benzene rings is 2. The number of hydrogen-bond acceptors (Lipinski definition) is 4. The van der Waals surface area contributed by atoms with Gasteiger partial charge in [-0.2, -0.15) is 0 Å². The van der Waals surface area contributed by atoms with Gasteiger partial charge in [0.25, 0.3) is 10.0 Å². The summed E-state index contributed by atoms with van der Waals surface area (Å²) < 4.78 is 27.5. The molecular weight excluding hydrogens is 460 g/mol. The largest absolute Gasteiger partial charge is 0.361 e. The van der Waals surface area contributed by atoms with E-state index in [4.69, 9.17) is 0 Å². The summed E-state index contributed by atoms with van der Waals surface area (Å²) in [6, 6.07) is 12.4. The molecule has 3 aromatic rings. The third-order valence-corrected chi connectivity index (χ3v) is 8.24. The third-order valence-electron chi connectivity index (χ3n) is 6.84. The van der Waals surface area contributed by atoms with Gasteiger partial charge in [0.15, 0.2) is 0 Å². The minimum absolute atomic E-state index is 0.0556. The van der Waals surface area contributed by atoms with Crippen molar-refractivity contribution in [2.24, 2.45) is 4.99 Å². The number of fused-ring (bicyclic) bond motifs is 2. The van der Waals surface area contributed by atoms with Gasteiger partial charge < -0.3 is 9.88 Å². The second-order valence-corrected chi connectivity index (χ2v) is 10.9. The summed E-state index contributed by atoms with van der Waals surface area (Å²) >= 11 is 0. The molecule has 1 aromatic heterocycles. The van der Waals surface area contributed by atoms with Crippen molar-refractivity contribution >= 4 is 38.2 Å². The molecule has 0 aliphatic carbocycles. The second kappa shape index (κ2) is 9.34. The van der Waals surface area contributed by atoms with Crippen molar-refractivity contribution in [3.8, 4) is 0 Å². The normalized spacial score (nSPS) is 18.9. The number of carbonyl (C=O) groups is 1. The fourth-order valence-corrected chi connectivity index (χ4v) is 6.21. The van der Waals surface area contributed by atoms with Gasteiger partial charge in [-0.1, -0.05) is 50.1 Å². The molecule has 0 unspecified atom stereocenters. The van der Waals surface area contributed by atoms with Crippen molar-refractivity contribution in [2.45, 2.75) is 50.5 Å². The van der Waals surface area contributed by atoms with Crippen LogP contribution in [0.3, 0.4) is 0 Å². The Morgan fingerprint density at radius 3 is 2.74 bits per heavy atom. The van der Waals surface area contributed by atoms with Crippen LogP contribution in [0.2, 0.25) is 0 Å². The molecule has 1 atom stereocenters. The van der Waals surface area contributed by atoms with E-state index in [9.17, 15) is 13.2 Å². The Kier molecular flexibility index (Phi) is 6.23. The van der Waals surface area contributed by atoms with E-state index in [2.05, 4.69) is 53.0 Å². The van der Waals surface area contributed by atoms with Gasteiger partial charge in [-0.25, -0.2) is 8.42 Å². The number of aromatic nitrogens is 1. The highest BCUT2D eigenvalue weighted by Crippen LogP contribution is 2.32. The number of amidine groups is 1. The molecule has 35 heavy (non-hydrogen) atoms. The zero-order chi connectivity index (χ0) is 24.6. The zero-order valence-electron chi connectivity index (χ0n) is 20.0. The van der Waals surface area contributed by atoms with Crippen molar-refractivity contribution < 1.29 is 13.2 Å². The number of nitrogens with zero attached hydrogens (tertiary/aromatic N) is 2. The van der Waals surface area contributed by atoms with Gasteiger partial charge in [-0.05, 0) is 49.1 Å². The minimum atomic E-state index is -3.64. The zero-order valence-corrected chi connectivity index (χ0v) is 20.9. The molecule has 0 saturated heterocycles. The molecule has 8 heteroatoms. The molecular formula is C27H30N4O3S. The highest BCUT2D eigenvalue weighted by Gasteiger charge is 2.33. The fraction of sp³-hybridized carbons (Fsp3) is 0.333. The van der Waals surface area contributed by atoms with Crippen molar-refractivity contribution in [2.75, 3.05) is 13.1 Å².